The zero-order chi connectivity index (χ0) is 28.1. The highest BCUT2D eigenvalue weighted by Crippen LogP contribution is 2.48. The van der Waals surface area contributed by atoms with E-state index < -0.39 is 17.9 Å². The first kappa shape index (κ1) is 28.3. The number of carbonyl (C=O) groups is 2. The van der Waals surface area contributed by atoms with Gasteiger partial charge in [0.15, 0.2) is 0 Å². The van der Waals surface area contributed by atoms with Crippen molar-refractivity contribution < 1.29 is 23.5 Å². The summed E-state index contributed by atoms with van der Waals surface area (Å²) in [5.74, 6) is -3.23. The topological polar surface area (TPSA) is 107 Å². The Balaban J connectivity index is 1.07. The molecule has 5 rings (SSSR count). The molecule has 3 aliphatic rings. The highest BCUT2D eigenvalue weighted by molar-refractivity contribution is 5.82. The van der Waals surface area contributed by atoms with Gasteiger partial charge < -0.3 is 26.0 Å². The van der Waals surface area contributed by atoms with E-state index in [1.54, 1.807) is 24.3 Å². The molecule has 0 radical (unpaired) electrons. The average molecular weight is 556 g/mol. The largest absolute Gasteiger partial charge is 0.480 e. The molecular weight excluding hydrogens is 516 g/mol. The lowest BCUT2D eigenvalue weighted by Gasteiger charge is -2.35. The van der Waals surface area contributed by atoms with Gasteiger partial charge in [0, 0.05) is 43.9 Å². The molecule has 1 aliphatic carbocycles. The number of aromatic nitrogens is 1. The van der Waals surface area contributed by atoms with Crippen molar-refractivity contribution in [3.8, 4) is 0 Å². The highest BCUT2D eigenvalue weighted by Gasteiger charge is 2.45. The number of fused-ring (bicyclic) bond motifs is 1. The molecule has 1 saturated carbocycles. The molecule has 0 bridgehead atoms. The minimum atomic E-state index is -2.62. The Labute approximate surface area is 233 Å². The molecular formula is C30H39F2N5O3. The zero-order valence-corrected chi connectivity index (χ0v) is 22.8. The van der Waals surface area contributed by atoms with Crippen LogP contribution in [0.25, 0.3) is 0 Å². The van der Waals surface area contributed by atoms with Crippen LogP contribution in [0.4, 0.5) is 20.3 Å². The molecule has 4 N–H and O–H groups in total. The van der Waals surface area contributed by atoms with Crippen LogP contribution in [0, 0.1) is 5.92 Å². The smallest absolute Gasteiger partial charge is 0.327 e. The van der Waals surface area contributed by atoms with Gasteiger partial charge in [0.1, 0.15) is 11.9 Å². The van der Waals surface area contributed by atoms with Gasteiger partial charge in [-0.1, -0.05) is 18.2 Å². The Morgan fingerprint density at radius 1 is 1.20 bits per heavy atom. The van der Waals surface area contributed by atoms with Gasteiger partial charge in [-0.25, -0.2) is 18.6 Å². The lowest BCUT2D eigenvalue weighted by Crippen LogP contribution is -2.47. The van der Waals surface area contributed by atoms with Gasteiger partial charge in [-0.3, -0.25) is 4.79 Å². The number of likely N-dealkylation sites (tertiary alicyclic amines) is 1. The van der Waals surface area contributed by atoms with Gasteiger partial charge in [-0.15, -0.1) is 0 Å². The van der Waals surface area contributed by atoms with E-state index in [-0.39, 0.29) is 37.1 Å². The van der Waals surface area contributed by atoms with Crippen molar-refractivity contribution in [3.05, 3.63) is 53.2 Å². The molecule has 3 heterocycles. The maximum atomic E-state index is 13.3. The molecule has 1 amide bonds. The Bertz CT molecular complexity index is 1200. The third-order valence-electron chi connectivity index (χ3n) is 8.30. The maximum absolute atomic E-state index is 13.3. The first-order valence-corrected chi connectivity index (χ1v) is 14.5. The van der Waals surface area contributed by atoms with Crippen LogP contribution in [0.1, 0.15) is 61.3 Å². The molecule has 2 aliphatic heterocycles. The molecule has 1 aromatic heterocycles. The zero-order valence-electron chi connectivity index (χ0n) is 22.8. The summed E-state index contributed by atoms with van der Waals surface area (Å²) in [6.45, 7) is 3.41. The number of aryl methyl sites for hydroxylation is 2. The van der Waals surface area contributed by atoms with E-state index in [0.29, 0.717) is 12.2 Å². The number of rotatable bonds is 11. The summed E-state index contributed by atoms with van der Waals surface area (Å²) in [7, 11) is 0. The molecule has 2 fully saturated rings. The number of nitrogens with zero attached hydrogens (tertiary/aromatic N) is 2. The number of alkyl halides is 2. The molecule has 1 saturated heterocycles. The minimum absolute atomic E-state index is 0.0611. The standard InChI is InChI=1S/C30H39F2N5O3/c31-30(32)16-23(17-30)21-5-1-8-25(15-21)35-26(29(39)40)18-34-28(38)22-7-3-13-37(19-22)14-4-9-24-11-10-20-6-2-12-33-27(20)36-24/h1,5,8,10-11,15,22-23,26,35H,2-4,6-7,9,12-14,16-19H2,(H,33,36)(H,34,38)(H,39,40)/t22-,26+/m1/s1. The van der Waals surface area contributed by atoms with E-state index in [1.165, 1.54) is 5.56 Å². The quantitative estimate of drug-likeness (QED) is 0.328. The number of benzene rings is 1. The summed E-state index contributed by atoms with van der Waals surface area (Å²) in [4.78, 5) is 31.9. The first-order chi connectivity index (χ1) is 19.3. The monoisotopic (exact) mass is 555 g/mol. The Morgan fingerprint density at radius 3 is 2.85 bits per heavy atom. The van der Waals surface area contributed by atoms with Crippen molar-refractivity contribution in [2.75, 3.05) is 43.4 Å². The number of hydrogen-bond donors (Lipinski definition) is 4. The number of amides is 1. The number of piperidine rings is 1. The third kappa shape index (κ3) is 7.27. The maximum Gasteiger partial charge on any atom is 0.327 e. The fourth-order valence-electron chi connectivity index (χ4n) is 5.99. The molecule has 2 atom stereocenters. The molecule has 0 unspecified atom stereocenters. The van der Waals surface area contributed by atoms with Crippen molar-refractivity contribution in [1.82, 2.24) is 15.2 Å². The number of carboxylic acid groups (broad SMARTS) is 1. The van der Waals surface area contributed by atoms with E-state index in [2.05, 4.69) is 33.0 Å². The van der Waals surface area contributed by atoms with Crippen molar-refractivity contribution in [2.45, 2.75) is 69.2 Å². The van der Waals surface area contributed by atoms with Gasteiger partial charge in [-0.05, 0) is 86.9 Å². The number of anilines is 2. The second-order valence-electron chi connectivity index (χ2n) is 11.5. The molecule has 0 spiro atoms. The van der Waals surface area contributed by atoms with Gasteiger partial charge in [0.2, 0.25) is 11.8 Å². The lowest BCUT2D eigenvalue weighted by molar-refractivity contribution is -0.138. The first-order valence-electron chi connectivity index (χ1n) is 14.5. The van der Waals surface area contributed by atoms with Gasteiger partial charge in [0.05, 0.1) is 5.92 Å². The average Bonchev–Trinajstić information content (AvgIpc) is 2.94. The Kier molecular flexibility index (Phi) is 8.83. The Morgan fingerprint density at radius 2 is 2.05 bits per heavy atom. The Hall–Kier alpha value is -3.27. The van der Waals surface area contributed by atoms with Crippen molar-refractivity contribution >= 4 is 23.4 Å². The summed E-state index contributed by atoms with van der Waals surface area (Å²) >= 11 is 0. The summed E-state index contributed by atoms with van der Waals surface area (Å²) < 4.78 is 26.6. The number of hydrogen-bond acceptors (Lipinski definition) is 6. The second kappa shape index (κ2) is 12.5. The SMILES string of the molecule is O=C(NC[C@H](Nc1cccc(C2CC(F)(F)C2)c1)C(=O)O)[C@@H]1CCCN(CCCc2ccc3c(n2)NCCC3)C1. The molecule has 40 heavy (non-hydrogen) atoms. The molecule has 8 nitrogen and oxygen atoms in total. The number of carbonyl (C=O) groups excluding carboxylic acids is 1. The number of carboxylic acids is 1. The fraction of sp³-hybridized carbons (Fsp3) is 0.567. The molecule has 10 heteroatoms. The van der Waals surface area contributed by atoms with Crippen LogP contribution < -0.4 is 16.0 Å². The third-order valence-corrected chi connectivity index (χ3v) is 8.30. The predicted octanol–water partition coefficient (Wildman–Crippen LogP) is 4.28. The van der Waals surface area contributed by atoms with Gasteiger partial charge >= 0.3 is 5.97 Å². The van der Waals surface area contributed by atoms with E-state index in [0.717, 1.165) is 75.2 Å². The number of pyridine rings is 1. The summed E-state index contributed by atoms with van der Waals surface area (Å²) in [6, 6.07) is 10.2. The lowest BCUT2D eigenvalue weighted by atomic mass is 9.76. The van der Waals surface area contributed by atoms with Gasteiger partial charge in [0.25, 0.3) is 0 Å². The summed E-state index contributed by atoms with van der Waals surface area (Å²) in [6.07, 6.45) is 5.40. The molecule has 216 valence electrons. The van der Waals surface area contributed by atoms with Crippen LogP contribution in [0.15, 0.2) is 36.4 Å². The number of halogens is 2. The summed E-state index contributed by atoms with van der Waals surface area (Å²) in [5.41, 5.74) is 3.69. The van der Waals surface area contributed by atoms with Crippen LogP contribution >= 0.6 is 0 Å². The van der Waals surface area contributed by atoms with E-state index in [1.807, 2.05) is 0 Å². The van der Waals surface area contributed by atoms with Crippen molar-refractivity contribution in [2.24, 2.45) is 5.92 Å². The second-order valence-corrected chi connectivity index (χ2v) is 11.5. The fourth-order valence-corrected chi connectivity index (χ4v) is 5.99. The van der Waals surface area contributed by atoms with Crippen LogP contribution in [0.3, 0.4) is 0 Å². The predicted molar refractivity (Wildman–Crippen MR) is 150 cm³/mol. The van der Waals surface area contributed by atoms with E-state index >= 15 is 0 Å². The van der Waals surface area contributed by atoms with Crippen LogP contribution in [0.5, 0.6) is 0 Å². The van der Waals surface area contributed by atoms with Crippen molar-refractivity contribution in [3.63, 3.8) is 0 Å². The van der Waals surface area contributed by atoms with Crippen LogP contribution in [0.2, 0.25) is 0 Å². The highest BCUT2D eigenvalue weighted by atomic mass is 19.3. The van der Waals surface area contributed by atoms with Crippen LogP contribution in [-0.2, 0) is 22.4 Å². The summed E-state index contributed by atoms with van der Waals surface area (Å²) in [5, 5.41) is 18.9. The van der Waals surface area contributed by atoms with Crippen molar-refractivity contribution in [1.29, 1.82) is 0 Å². The minimum Gasteiger partial charge on any atom is -0.480 e. The molecule has 1 aromatic carbocycles. The molecule has 2 aromatic rings. The van der Waals surface area contributed by atoms with Crippen LogP contribution in [-0.4, -0.2) is 71.6 Å². The normalized spacial score (nSPS) is 21.4. The van der Waals surface area contributed by atoms with E-state index in [9.17, 15) is 23.5 Å². The van der Waals surface area contributed by atoms with E-state index in [4.69, 9.17) is 4.98 Å². The number of aliphatic carboxylic acids is 1. The number of nitrogens with one attached hydrogen (secondary N) is 3. The van der Waals surface area contributed by atoms with Gasteiger partial charge in [-0.2, -0.15) is 0 Å².